The van der Waals surface area contributed by atoms with Crippen LogP contribution in [-0.4, -0.2) is 59.0 Å². The van der Waals surface area contributed by atoms with E-state index in [0.717, 1.165) is 19.3 Å². The number of carbonyl (C=O) groups excluding carboxylic acids is 2. The third-order valence-corrected chi connectivity index (χ3v) is 3.30. The van der Waals surface area contributed by atoms with Gasteiger partial charge in [0.15, 0.2) is 0 Å². The summed E-state index contributed by atoms with van der Waals surface area (Å²) in [5.41, 5.74) is -1.20. The molecule has 8 heteroatoms. The minimum atomic E-state index is -1.07. The molecule has 0 aliphatic rings. The van der Waals surface area contributed by atoms with Gasteiger partial charge in [-0.05, 0) is 60.3 Å². The minimum absolute atomic E-state index is 0.110. The van der Waals surface area contributed by atoms with Gasteiger partial charge in [-0.3, -0.25) is 9.69 Å². The smallest absolute Gasteiger partial charge is 0.410 e. The molecule has 27 heavy (non-hydrogen) atoms. The molecule has 0 saturated heterocycles. The molecule has 0 saturated carbocycles. The lowest BCUT2D eigenvalue weighted by Crippen LogP contribution is -2.42. The Morgan fingerprint density at radius 2 is 1.56 bits per heavy atom. The number of hydrogen-bond acceptors (Lipinski definition) is 5. The van der Waals surface area contributed by atoms with Crippen molar-refractivity contribution in [1.29, 1.82) is 0 Å². The first-order valence-electron chi connectivity index (χ1n) is 9.36. The molecule has 0 aromatic heterocycles. The summed E-state index contributed by atoms with van der Waals surface area (Å²) in [6.07, 6.45) is 1.35. The maximum Gasteiger partial charge on any atom is 0.410 e. The van der Waals surface area contributed by atoms with Crippen molar-refractivity contribution < 1.29 is 29.0 Å². The van der Waals surface area contributed by atoms with Crippen molar-refractivity contribution in [3.05, 3.63) is 0 Å². The number of rotatable bonds is 9. The molecule has 0 aromatic rings. The van der Waals surface area contributed by atoms with Crippen molar-refractivity contribution in [3.8, 4) is 0 Å². The summed E-state index contributed by atoms with van der Waals surface area (Å²) in [5, 5.41) is 11.7. The third-order valence-electron chi connectivity index (χ3n) is 3.30. The summed E-state index contributed by atoms with van der Waals surface area (Å²) in [4.78, 5) is 36.0. The van der Waals surface area contributed by atoms with Crippen LogP contribution in [0.1, 0.15) is 67.7 Å². The first-order chi connectivity index (χ1) is 12.2. The summed E-state index contributed by atoms with van der Waals surface area (Å²) in [5.74, 6) is -0.965. The van der Waals surface area contributed by atoms with Gasteiger partial charge in [-0.25, -0.2) is 9.59 Å². The standard InChI is InChI=1S/C19H36N2O6/c1-14(10-8-9-11-20-16(24)26-18(2,3)4)12-21(13-15(22)23)17(25)27-19(5,6)7/h14H,8-13H2,1-7H3,(H,20,24)(H,22,23)/t14-/m0/s1. The second kappa shape index (κ2) is 11.0. The van der Waals surface area contributed by atoms with Crippen LogP contribution in [0.25, 0.3) is 0 Å². The zero-order valence-electron chi connectivity index (χ0n) is 17.8. The fourth-order valence-electron chi connectivity index (χ4n) is 2.28. The number of nitrogens with zero attached hydrogens (tertiary/aromatic N) is 1. The molecule has 8 nitrogen and oxygen atoms in total. The van der Waals surface area contributed by atoms with E-state index in [2.05, 4.69) is 5.32 Å². The summed E-state index contributed by atoms with van der Waals surface area (Å²) >= 11 is 0. The highest BCUT2D eigenvalue weighted by molar-refractivity contribution is 5.76. The second-order valence-corrected chi connectivity index (χ2v) is 8.78. The van der Waals surface area contributed by atoms with E-state index in [1.54, 1.807) is 20.8 Å². The highest BCUT2D eigenvalue weighted by Gasteiger charge is 2.25. The third kappa shape index (κ3) is 14.8. The Bertz CT molecular complexity index is 493. The second-order valence-electron chi connectivity index (χ2n) is 8.78. The van der Waals surface area contributed by atoms with Crippen LogP contribution in [-0.2, 0) is 14.3 Å². The van der Waals surface area contributed by atoms with E-state index in [-0.39, 0.29) is 12.5 Å². The zero-order valence-corrected chi connectivity index (χ0v) is 17.8. The molecule has 158 valence electrons. The van der Waals surface area contributed by atoms with E-state index < -0.39 is 29.4 Å². The molecule has 0 aromatic carbocycles. The van der Waals surface area contributed by atoms with E-state index in [9.17, 15) is 14.4 Å². The number of carboxylic acid groups (broad SMARTS) is 1. The summed E-state index contributed by atoms with van der Waals surface area (Å²) in [6.45, 7) is 13.0. The fraction of sp³-hybridized carbons (Fsp3) is 0.842. The van der Waals surface area contributed by atoms with Gasteiger partial charge in [0.25, 0.3) is 0 Å². The van der Waals surface area contributed by atoms with E-state index >= 15 is 0 Å². The van der Waals surface area contributed by atoms with Gasteiger partial charge in [0, 0.05) is 13.1 Å². The van der Waals surface area contributed by atoms with E-state index in [4.69, 9.17) is 14.6 Å². The molecular formula is C19H36N2O6. The fourth-order valence-corrected chi connectivity index (χ4v) is 2.28. The van der Waals surface area contributed by atoms with Gasteiger partial charge in [-0.15, -0.1) is 0 Å². The molecule has 2 amide bonds. The van der Waals surface area contributed by atoms with E-state index in [0.29, 0.717) is 13.1 Å². The first-order valence-corrected chi connectivity index (χ1v) is 9.36. The van der Waals surface area contributed by atoms with Gasteiger partial charge in [-0.1, -0.05) is 13.3 Å². The van der Waals surface area contributed by atoms with Gasteiger partial charge in [0.2, 0.25) is 0 Å². The summed E-state index contributed by atoms with van der Waals surface area (Å²) in [7, 11) is 0. The first kappa shape index (κ1) is 25.0. The lowest BCUT2D eigenvalue weighted by molar-refractivity contribution is -0.138. The van der Waals surface area contributed by atoms with Crippen LogP contribution in [0, 0.1) is 5.92 Å². The number of amides is 2. The number of unbranched alkanes of at least 4 members (excludes halogenated alkanes) is 1. The quantitative estimate of drug-likeness (QED) is 0.584. The average molecular weight is 389 g/mol. The SMILES string of the molecule is C[C@@H](CCCCNC(=O)OC(C)(C)C)CN(CC(=O)O)C(=O)OC(C)(C)C. The van der Waals surface area contributed by atoms with Crippen molar-refractivity contribution in [3.63, 3.8) is 0 Å². The Kier molecular flexibility index (Phi) is 10.2. The monoisotopic (exact) mass is 388 g/mol. The lowest BCUT2D eigenvalue weighted by atomic mass is 10.0. The molecule has 1 atom stereocenters. The minimum Gasteiger partial charge on any atom is -0.480 e. The Morgan fingerprint density at radius 3 is 2.04 bits per heavy atom. The Labute approximate surface area is 162 Å². The number of alkyl carbamates (subject to hydrolysis) is 1. The molecule has 0 aliphatic carbocycles. The number of hydrogen-bond donors (Lipinski definition) is 2. The predicted molar refractivity (Wildman–Crippen MR) is 103 cm³/mol. The van der Waals surface area contributed by atoms with Crippen molar-refractivity contribution >= 4 is 18.2 Å². The van der Waals surface area contributed by atoms with Gasteiger partial charge in [0.05, 0.1) is 0 Å². The molecule has 0 heterocycles. The van der Waals surface area contributed by atoms with E-state index in [1.165, 1.54) is 4.90 Å². The number of nitrogens with one attached hydrogen (secondary N) is 1. The molecule has 0 bridgehead atoms. The van der Waals surface area contributed by atoms with Crippen molar-refractivity contribution in [1.82, 2.24) is 10.2 Å². The van der Waals surface area contributed by atoms with Crippen molar-refractivity contribution in [2.75, 3.05) is 19.6 Å². The number of carbonyl (C=O) groups is 3. The van der Waals surface area contributed by atoms with Gasteiger partial charge < -0.3 is 19.9 Å². The van der Waals surface area contributed by atoms with Gasteiger partial charge in [-0.2, -0.15) is 0 Å². The molecule has 0 aliphatic heterocycles. The summed E-state index contributed by atoms with van der Waals surface area (Å²) < 4.78 is 10.4. The number of ether oxygens (including phenoxy) is 2. The highest BCUT2D eigenvalue weighted by atomic mass is 16.6. The van der Waals surface area contributed by atoms with Crippen LogP contribution in [0.15, 0.2) is 0 Å². The molecular weight excluding hydrogens is 352 g/mol. The zero-order chi connectivity index (χ0) is 21.3. The Morgan fingerprint density at radius 1 is 1.00 bits per heavy atom. The van der Waals surface area contributed by atoms with Crippen LogP contribution < -0.4 is 5.32 Å². The van der Waals surface area contributed by atoms with E-state index in [1.807, 2.05) is 27.7 Å². The largest absolute Gasteiger partial charge is 0.480 e. The lowest BCUT2D eigenvalue weighted by Gasteiger charge is -2.28. The normalized spacial score (nSPS) is 12.9. The highest BCUT2D eigenvalue weighted by Crippen LogP contribution is 2.14. The van der Waals surface area contributed by atoms with Crippen LogP contribution in [0.3, 0.4) is 0 Å². The number of aliphatic carboxylic acids is 1. The van der Waals surface area contributed by atoms with Crippen molar-refractivity contribution in [2.24, 2.45) is 5.92 Å². The average Bonchev–Trinajstić information content (AvgIpc) is 2.41. The Balaban J connectivity index is 4.26. The maximum atomic E-state index is 12.2. The van der Waals surface area contributed by atoms with Crippen LogP contribution in [0.4, 0.5) is 9.59 Å². The summed E-state index contributed by atoms with van der Waals surface area (Å²) in [6, 6.07) is 0. The maximum absolute atomic E-state index is 12.2. The predicted octanol–water partition coefficient (Wildman–Crippen LogP) is 3.64. The van der Waals surface area contributed by atoms with Crippen LogP contribution >= 0.6 is 0 Å². The van der Waals surface area contributed by atoms with Crippen molar-refractivity contribution in [2.45, 2.75) is 78.9 Å². The molecule has 0 fully saturated rings. The van der Waals surface area contributed by atoms with Gasteiger partial charge >= 0.3 is 18.2 Å². The Hall–Kier alpha value is -1.99. The van der Waals surface area contributed by atoms with Gasteiger partial charge in [0.1, 0.15) is 17.7 Å². The topological polar surface area (TPSA) is 105 Å². The molecule has 0 spiro atoms. The number of carboxylic acids is 1. The molecule has 0 radical (unpaired) electrons. The molecule has 0 unspecified atom stereocenters. The van der Waals surface area contributed by atoms with Crippen LogP contribution in [0.5, 0.6) is 0 Å². The van der Waals surface area contributed by atoms with Crippen LogP contribution in [0.2, 0.25) is 0 Å². The molecule has 2 N–H and O–H groups in total. The molecule has 0 rings (SSSR count).